The lowest BCUT2D eigenvalue weighted by atomic mass is 9.86. The Morgan fingerprint density at radius 2 is 1.85 bits per heavy atom. The highest BCUT2D eigenvalue weighted by molar-refractivity contribution is 5.69. The van der Waals surface area contributed by atoms with Crippen LogP contribution in [-0.2, 0) is 12.1 Å². The molecule has 5 aromatic rings. The number of hydrogen-bond acceptors (Lipinski definition) is 5. The first-order chi connectivity index (χ1) is 16.4. The highest BCUT2D eigenvalue weighted by Gasteiger charge is 2.41. The summed E-state index contributed by atoms with van der Waals surface area (Å²) in [5.41, 5.74) is -0.394. The standard InChI is InChI=1S/C24H20F2N6O2/c1-16(24(34,13-30-15-27-14-29-30)21-8-7-19(25)10-22(21)26)32-23(33)31-12-18(9-20(31)11-28-32)17-5-3-2-4-6-17/h2-12,14-16,34H,13H2,1H3. The third-order valence-electron chi connectivity index (χ3n) is 6.00. The molecule has 0 aliphatic heterocycles. The van der Waals surface area contributed by atoms with Crippen molar-refractivity contribution < 1.29 is 13.9 Å². The van der Waals surface area contributed by atoms with Crippen LogP contribution in [0, 0.1) is 11.6 Å². The van der Waals surface area contributed by atoms with E-state index in [1.807, 2.05) is 36.4 Å². The molecule has 0 bridgehead atoms. The number of nitrogens with zero attached hydrogens (tertiary/aromatic N) is 6. The van der Waals surface area contributed by atoms with Crippen molar-refractivity contribution >= 4 is 5.52 Å². The van der Waals surface area contributed by atoms with Crippen molar-refractivity contribution in [1.82, 2.24) is 28.9 Å². The number of halogens is 2. The van der Waals surface area contributed by atoms with Crippen LogP contribution in [0.2, 0.25) is 0 Å². The summed E-state index contributed by atoms with van der Waals surface area (Å²) in [5.74, 6) is -1.73. The number of aromatic nitrogens is 6. The Morgan fingerprint density at radius 3 is 2.56 bits per heavy atom. The van der Waals surface area contributed by atoms with Gasteiger partial charge in [-0.05, 0) is 24.6 Å². The average Bonchev–Trinajstić information content (AvgIpc) is 3.49. The lowest BCUT2D eigenvalue weighted by Crippen LogP contribution is -2.45. The first-order valence-electron chi connectivity index (χ1n) is 10.5. The molecule has 0 radical (unpaired) electrons. The van der Waals surface area contributed by atoms with Gasteiger partial charge in [-0.1, -0.05) is 36.4 Å². The summed E-state index contributed by atoms with van der Waals surface area (Å²) in [6, 6.07) is 13.2. The molecule has 3 heterocycles. The molecule has 0 saturated carbocycles. The Hall–Kier alpha value is -4.18. The van der Waals surface area contributed by atoms with Gasteiger partial charge >= 0.3 is 5.69 Å². The molecule has 34 heavy (non-hydrogen) atoms. The van der Waals surface area contributed by atoms with Crippen molar-refractivity contribution in [3.05, 3.63) is 107 Å². The van der Waals surface area contributed by atoms with Crippen LogP contribution >= 0.6 is 0 Å². The molecule has 0 saturated heterocycles. The van der Waals surface area contributed by atoms with Crippen molar-refractivity contribution in [1.29, 1.82) is 0 Å². The van der Waals surface area contributed by atoms with Gasteiger partial charge in [0.1, 0.15) is 29.9 Å². The maximum absolute atomic E-state index is 14.8. The summed E-state index contributed by atoms with van der Waals surface area (Å²) in [6.07, 6.45) is 5.82. The number of fused-ring (bicyclic) bond motifs is 1. The molecule has 0 amide bonds. The van der Waals surface area contributed by atoms with Crippen LogP contribution in [0.1, 0.15) is 18.5 Å². The van der Waals surface area contributed by atoms with Crippen molar-refractivity contribution in [3.8, 4) is 11.1 Å². The highest BCUT2D eigenvalue weighted by atomic mass is 19.1. The monoisotopic (exact) mass is 462 g/mol. The third-order valence-corrected chi connectivity index (χ3v) is 6.00. The van der Waals surface area contributed by atoms with E-state index >= 15 is 0 Å². The fraction of sp³-hybridized carbons (Fsp3) is 0.167. The Kier molecular flexibility index (Phi) is 5.29. The van der Waals surface area contributed by atoms with Crippen LogP contribution in [0.15, 0.2) is 84.4 Å². The zero-order chi connectivity index (χ0) is 23.9. The maximum atomic E-state index is 14.8. The molecule has 0 spiro atoms. The topological polar surface area (TPSA) is 90.2 Å². The van der Waals surface area contributed by atoms with Gasteiger partial charge in [-0.3, -0.25) is 4.40 Å². The van der Waals surface area contributed by atoms with Gasteiger partial charge in [0.2, 0.25) is 0 Å². The van der Waals surface area contributed by atoms with E-state index in [2.05, 4.69) is 15.2 Å². The fourth-order valence-corrected chi connectivity index (χ4v) is 4.13. The van der Waals surface area contributed by atoms with E-state index < -0.39 is 29.0 Å². The summed E-state index contributed by atoms with van der Waals surface area (Å²) >= 11 is 0. The van der Waals surface area contributed by atoms with Gasteiger partial charge in [0.05, 0.1) is 24.3 Å². The predicted molar refractivity (Wildman–Crippen MR) is 120 cm³/mol. The fourth-order valence-electron chi connectivity index (χ4n) is 4.13. The summed E-state index contributed by atoms with van der Waals surface area (Å²) in [6.45, 7) is 1.30. The minimum Gasteiger partial charge on any atom is -0.381 e. The molecular weight excluding hydrogens is 442 g/mol. The van der Waals surface area contributed by atoms with E-state index in [-0.39, 0.29) is 12.1 Å². The first-order valence-corrected chi connectivity index (χ1v) is 10.5. The van der Waals surface area contributed by atoms with Gasteiger partial charge in [0, 0.05) is 23.4 Å². The Morgan fingerprint density at radius 1 is 1.06 bits per heavy atom. The zero-order valence-electron chi connectivity index (χ0n) is 18.1. The van der Waals surface area contributed by atoms with Crippen LogP contribution in [-0.4, -0.2) is 34.1 Å². The lowest BCUT2D eigenvalue weighted by Gasteiger charge is -2.34. The molecule has 0 aliphatic carbocycles. The minimum atomic E-state index is -2.01. The van der Waals surface area contributed by atoms with E-state index in [1.165, 1.54) is 27.9 Å². The van der Waals surface area contributed by atoms with Crippen molar-refractivity contribution in [2.24, 2.45) is 0 Å². The van der Waals surface area contributed by atoms with Gasteiger partial charge in [-0.2, -0.15) is 10.2 Å². The minimum absolute atomic E-state index is 0.192. The summed E-state index contributed by atoms with van der Waals surface area (Å²) in [4.78, 5) is 17.3. The largest absolute Gasteiger partial charge is 0.381 e. The molecule has 2 aromatic carbocycles. The SMILES string of the molecule is CC(n1ncc2cc(-c3ccccc3)cn2c1=O)C(O)(Cn1cncn1)c1ccc(F)cc1F. The smallest absolute Gasteiger partial charge is 0.349 e. The summed E-state index contributed by atoms with van der Waals surface area (Å²) in [7, 11) is 0. The maximum Gasteiger partial charge on any atom is 0.349 e. The molecule has 5 rings (SSSR count). The van der Waals surface area contributed by atoms with Crippen LogP contribution in [0.3, 0.4) is 0 Å². The second-order valence-corrected chi connectivity index (χ2v) is 8.08. The molecule has 3 aromatic heterocycles. The molecule has 0 aliphatic rings. The van der Waals surface area contributed by atoms with Crippen molar-refractivity contribution in [2.75, 3.05) is 0 Å². The molecule has 1 N–H and O–H groups in total. The molecule has 10 heteroatoms. The predicted octanol–water partition coefficient (Wildman–Crippen LogP) is 3.18. The van der Waals surface area contributed by atoms with Crippen LogP contribution in [0.4, 0.5) is 8.78 Å². The number of benzene rings is 2. The van der Waals surface area contributed by atoms with Crippen LogP contribution in [0.25, 0.3) is 16.6 Å². The second-order valence-electron chi connectivity index (χ2n) is 8.08. The van der Waals surface area contributed by atoms with Gasteiger partial charge in [-0.15, -0.1) is 0 Å². The van der Waals surface area contributed by atoms with E-state index in [0.29, 0.717) is 11.6 Å². The van der Waals surface area contributed by atoms with Crippen LogP contribution < -0.4 is 5.69 Å². The molecule has 2 atom stereocenters. The van der Waals surface area contributed by atoms with E-state index in [1.54, 1.807) is 13.1 Å². The normalized spacial score (nSPS) is 14.2. The Labute approximate surface area is 192 Å². The highest BCUT2D eigenvalue weighted by Crippen LogP contribution is 2.36. The van der Waals surface area contributed by atoms with Gasteiger partial charge in [0.25, 0.3) is 0 Å². The molecular formula is C24H20F2N6O2. The van der Waals surface area contributed by atoms with Crippen LogP contribution in [0.5, 0.6) is 0 Å². The quantitative estimate of drug-likeness (QED) is 0.419. The van der Waals surface area contributed by atoms with E-state index in [9.17, 15) is 18.7 Å². The number of aliphatic hydroxyl groups is 1. The Bertz CT molecular complexity index is 1510. The molecule has 0 fully saturated rings. The van der Waals surface area contributed by atoms with E-state index in [0.717, 1.165) is 27.9 Å². The Balaban J connectivity index is 1.63. The third kappa shape index (κ3) is 3.67. The van der Waals surface area contributed by atoms with Gasteiger partial charge < -0.3 is 5.11 Å². The zero-order valence-corrected chi connectivity index (χ0v) is 18.1. The second kappa shape index (κ2) is 8.31. The first kappa shape index (κ1) is 21.7. The summed E-state index contributed by atoms with van der Waals surface area (Å²) < 4.78 is 32.3. The van der Waals surface area contributed by atoms with Crippen molar-refractivity contribution in [2.45, 2.75) is 25.1 Å². The summed E-state index contributed by atoms with van der Waals surface area (Å²) in [5, 5.41) is 20.0. The molecule has 8 nitrogen and oxygen atoms in total. The van der Waals surface area contributed by atoms with Crippen molar-refractivity contribution in [3.63, 3.8) is 0 Å². The number of hydrogen-bond donors (Lipinski definition) is 1. The molecule has 172 valence electrons. The molecule has 2 unspecified atom stereocenters. The van der Waals surface area contributed by atoms with Gasteiger partial charge in [0.15, 0.2) is 0 Å². The van der Waals surface area contributed by atoms with E-state index in [4.69, 9.17) is 0 Å². The van der Waals surface area contributed by atoms with Gasteiger partial charge in [-0.25, -0.2) is 27.9 Å². The average molecular weight is 462 g/mol. The number of rotatable bonds is 6. The lowest BCUT2D eigenvalue weighted by molar-refractivity contribution is -0.0390.